The Labute approximate surface area is 91.0 Å². The minimum absolute atomic E-state index is 0.251. The molecule has 0 radical (unpaired) electrons. The lowest BCUT2D eigenvalue weighted by atomic mass is 10.0. The van der Waals surface area contributed by atoms with Crippen LogP contribution in [0.3, 0.4) is 0 Å². The molecule has 0 saturated heterocycles. The molecule has 0 saturated carbocycles. The van der Waals surface area contributed by atoms with Gasteiger partial charge in [0.15, 0.2) is 0 Å². The van der Waals surface area contributed by atoms with Crippen LogP contribution in [0.2, 0.25) is 0 Å². The molecule has 0 fully saturated rings. The van der Waals surface area contributed by atoms with E-state index in [4.69, 9.17) is 0 Å². The fourth-order valence-corrected chi connectivity index (χ4v) is 1.33. The summed E-state index contributed by atoms with van der Waals surface area (Å²) in [4.78, 5) is 10.2. The van der Waals surface area contributed by atoms with Crippen molar-refractivity contribution in [2.75, 3.05) is 0 Å². The zero-order valence-corrected chi connectivity index (χ0v) is 8.67. The molecule has 0 N–H and O–H groups in total. The van der Waals surface area contributed by atoms with Crippen LogP contribution in [0.25, 0.3) is 0 Å². The van der Waals surface area contributed by atoms with Gasteiger partial charge in [-0.15, -0.1) is 13.2 Å². The van der Waals surface area contributed by atoms with Gasteiger partial charge in [0.2, 0.25) is 0 Å². The van der Waals surface area contributed by atoms with E-state index in [1.165, 1.54) is 12.1 Å². The molecule has 0 aliphatic rings. The van der Waals surface area contributed by atoms with E-state index in [1.807, 2.05) is 0 Å². The minimum atomic E-state index is -4.68. The number of ether oxygens (including phenoxy) is 1. The average Bonchev–Trinajstić information content (AvgIpc) is 2.17. The molecular weight excluding hydrogens is 221 g/mol. The average molecular weight is 232 g/mol. The van der Waals surface area contributed by atoms with Gasteiger partial charge in [0.05, 0.1) is 0 Å². The van der Waals surface area contributed by atoms with Crippen LogP contribution in [0.5, 0.6) is 5.75 Å². The second-order valence-corrected chi connectivity index (χ2v) is 3.34. The Morgan fingerprint density at radius 3 is 2.62 bits per heavy atom. The minimum Gasteiger partial charge on any atom is -0.406 e. The largest absolute Gasteiger partial charge is 0.573 e. The first-order chi connectivity index (χ1) is 7.42. The molecule has 2 nitrogen and oxygen atoms in total. The number of aryl methyl sites for hydroxylation is 2. The number of carbonyl (C=O) groups excluding carboxylic acids is 1. The van der Waals surface area contributed by atoms with Gasteiger partial charge in [0.25, 0.3) is 0 Å². The molecule has 0 aliphatic heterocycles. The lowest BCUT2D eigenvalue weighted by Crippen LogP contribution is -2.17. The highest BCUT2D eigenvalue weighted by atomic mass is 19.4. The zero-order valence-electron chi connectivity index (χ0n) is 8.67. The molecule has 5 heteroatoms. The molecule has 0 atom stereocenters. The number of hydrogen-bond acceptors (Lipinski definition) is 2. The summed E-state index contributed by atoms with van der Waals surface area (Å²) >= 11 is 0. The van der Waals surface area contributed by atoms with Crippen LogP contribution in [0.15, 0.2) is 18.2 Å². The molecule has 0 bridgehead atoms. The first-order valence-corrected chi connectivity index (χ1v) is 4.71. The third kappa shape index (κ3) is 3.92. The molecule has 0 amide bonds. The Balaban J connectivity index is 2.84. The number of rotatable bonds is 4. The standard InChI is InChI=1S/C11H11F3O2/c1-8-4-5-10(16-11(12,13)14)7-9(8)3-2-6-15/h4-7H,2-3H2,1H3. The van der Waals surface area contributed by atoms with Crippen LogP contribution < -0.4 is 4.74 Å². The van der Waals surface area contributed by atoms with Crippen molar-refractivity contribution in [3.8, 4) is 5.75 Å². The van der Waals surface area contributed by atoms with Crippen molar-refractivity contribution in [3.05, 3.63) is 29.3 Å². The topological polar surface area (TPSA) is 26.3 Å². The van der Waals surface area contributed by atoms with Crippen LogP contribution in [0.1, 0.15) is 17.5 Å². The predicted octanol–water partition coefficient (Wildman–Crippen LogP) is 3.03. The van der Waals surface area contributed by atoms with Crippen LogP contribution in [-0.2, 0) is 11.2 Å². The predicted molar refractivity (Wildman–Crippen MR) is 52.2 cm³/mol. The Kier molecular flexibility index (Phi) is 3.93. The highest BCUT2D eigenvalue weighted by Gasteiger charge is 2.31. The number of hydrogen-bond donors (Lipinski definition) is 0. The maximum atomic E-state index is 11.9. The van der Waals surface area contributed by atoms with Crippen molar-refractivity contribution in [2.24, 2.45) is 0 Å². The summed E-state index contributed by atoms with van der Waals surface area (Å²) in [5.41, 5.74) is 1.53. The van der Waals surface area contributed by atoms with E-state index in [0.717, 1.165) is 11.8 Å². The van der Waals surface area contributed by atoms with E-state index in [-0.39, 0.29) is 12.2 Å². The fourth-order valence-electron chi connectivity index (χ4n) is 1.33. The first kappa shape index (κ1) is 12.5. The number of aldehydes is 1. The van der Waals surface area contributed by atoms with Gasteiger partial charge in [-0.2, -0.15) is 0 Å². The van der Waals surface area contributed by atoms with Crippen molar-refractivity contribution in [2.45, 2.75) is 26.1 Å². The normalized spacial score (nSPS) is 11.2. The second kappa shape index (κ2) is 5.01. The summed E-state index contributed by atoms with van der Waals surface area (Å²) in [6.45, 7) is 1.78. The lowest BCUT2D eigenvalue weighted by Gasteiger charge is -2.11. The molecule has 1 rings (SSSR count). The fraction of sp³-hybridized carbons (Fsp3) is 0.364. The van der Waals surface area contributed by atoms with E-state index in [0.29, 0.717) is 12.0 Å². The quantitative estimate of drug-likeness (QED) is 0.746. The first-order valence-electron chi connectivity index (χ1n) is 4.71. The Bertz CT molecular complexity index is 372. The molecule has 16 heavy (non-hydrogen) atoms. The summed E-state index contributed by atoms with van der Waals surface area (Å²) in [6, 6.07) is 4.11. The molecule has 0 aromatic heterocycles. The summed E-state index contributed by atoms with van der Waals surface area (Å²) in [7, 11) is 0. The van der Waals surface area contributed by atoms with E-state index in [1.54, 1.807) is 13.0 Å². The van der Waals surface area contributed by atoms with Crippen LogP contribution in [0, 0.1) is 6.92 Å². The number of benzene rings is 1. The van der Waals surface area contributed by atoms with E-state index in [2.05, 4.69) is 4.74 Å². The molecule has 0 heterocycles. The Morgan fingerprint density at radius 1 is 1.38 bits per heavy atom. The monoisotopic (exact) mass is 232 g/mol. The Morgan fingerprint density at radius 2 is 2.06 bits per heavy atom. The zero-order chi connectivity index (χ0) is 12.2. The molecule has 1 aromatic rings. The van der Waals surface area contributed by atoms with Gasteiger partial charge in [-0.25, -0.2) is 0 Å². The molecule has 0 unspecified atom stereocenters. The van der Waals surface area contributed by atoms with Gasteiger partial charge in [-0.1, -0.05) is 6.07 Å². The maximum Gasteiger partial charge on any atom is 0.573 e. The SMILES string of the molecule is Cc1ccc(OC(F)(F)F)cc1CCC=O. The Hall–Kier alpha value is -1.52. The second-order valence-electron chi connectivity index (χ2n) is 3.34. The summed E-state index contributed by atoms with van der Waals surface area (Å²) < 4.78 is 39.6. The molecule has 88 valence electrons. The molecular formula is C11H11F3O2. The summed E-state index contributed by atoms with van der Waals surface area (Å²) in [5, 5.41) is 0. The maximum absolute atomic E-state index is 11.9. The molecule has 0 spiro atoms. The van der Waals surface area contributed by atoms with Gasteiger partial charge in [0.1, 0.15) is 12.0 Å². The third-order valence-corrected chi connectivity index (χ3v) is 2.09. The number of halogens is 3. The van der Waals surface area contributed by atoms with Gasteiger partial charge < -0.3 is 9.53 Å². The molecule has 0 aliphatic carbocycles. The van der Waals surface area contributed by atoms with Gasteiger partial charge in [-0.05, 0) is 36.6 Å². The van der Waals surface area contributed by atoms with Crippen molar-refractivity contribution in [1.29, 1.82) is 0 Å². The van der Waals surface area contributed by atoms with Crippen LogP contribution in [0.4, 0.5) is 13.2 Å². The van der Waals surface area contributed by atoms with E-state index >= 15 is 0 Å². The highest BCUT2D eigenvalue weighted by molar-refractivity contribution is 5.50. The van der Waals surface area contributed by atoms with Crippen molar-refractivity contribution in [3.63, 3.8) is 0 Å². The van der Waals surface area contributed by atoms with Crippen molar-refractivity contribution in [1.82, 2.24) is 0 Å². The smallest absolute Gasteiger partial charge is 0.406 e. The van der Waals surface area contributed by atoms with Crippen LogP contribution in [-0.4, -0.2) is 12.6 Å². The van der Waals surface area contributed by atoms with E-state index in [9.17, 15) is 18.0 Å². The van der Waals surface area contributed by atoms with Gasteiger partial charge >= 0.3 is 6.36 Å². The van der Waals surface area contributed by atoms with Gasteiger partial charge in [0, 0.05) is 6.42 Å². The lowest BCUT2D eigenvalue weighted by molar-refractivity contribution is -0.274. The van der Waals surface area contributed by atoms with E-state index < -0.39 is 6.36 Å². The molecule has 1 aromatic carbocycles. The van der Waals surface area contributed by atoms with Crippen LogP contribution >= 0.6 is 0 Å². The highest BCUT2D eigenvalue weighted by Crippen LogP contribution is 2.25. The number of carbonyl (C=O) groups is 1. The van der Waals surface area contributed by atoms with Crippen molar-refractivity contribution < 1.29 is 22.7 Å². The van der Waals surface area contributed by atoms with Gasteiger partial charge in [-0.3, -0.25) is 0 Å². The summed E-state index contributed by atoms with van der Waals surface area (Å²) in [6.07, 6.45) is -3.24. The third-order valence-electron chi connectivity index (χ3n) is 2.09. The number of alkyl halides is 3. The summed E-state index contributed by atoms with van der Waals surface area (Å²) in [5.74, 6) is -0.251. The van der Waals surface area contributed by atoms with Crippen molar-refractivity contribution >= 4 is 6.29 Å².